The second-order valence-corrected chi connectivity index (χ2v) is 9.69. The van der Waals surface area contributed by atoms with E-state index >= 15 is 0 Å². The predicted octanol–water partition coefficient (Wildman–Crippen LogP) is 4.06. The molecule has 2 aliphatic rings. The van der Waals surface area contributed by atoms with Crippen molar-refractivity contribution in [3.63, 3.8) is 0 Å². The Kier molecular flexibility index (Phi) is 7.58. The molecule has 0 radical (unpaired) electrons. The van der Waals surface area contributed by atoms with Crippen molar-refractivity contribution < 1.29 is 19.1 Å². The third-order valence-corrected chi connectivity index (χ3v) is 7.22. The highest BCUT2D eigenvalue weighted by Gasteiger charge is 2.35. The molecule has 0 spiro atoms. The largest absolute Gasteiger partial charge is 0.445 e. The van der Waals surface area contributed by atoms with Crippen molar-refractivity contribution in [3.05, 3.63) is 95.6 Å². The van der Waals surface area contributed by atoms with E-state index in [0.717, 1.165) is 35.5 Å². The maximum Gasteiger partial charge on any atom is 0.411 e. The van der Waals surface area contributed by atoms with E-state index in [1.807, 2.05) is 83.8 Å². The molecule has 0 bridgehead atoms. The minimum Gasteiger partial charge on any atom is -0.445 e. The Morgan fingerprint density at radius 3 is 2.18 bits per heavy atom. The predicted molar refractivity (Wildman–Crippen MR) is 146 cm³/mol. The number of carbonyl (C=O) groups is 3. The van der Waals surface area contributed by atoms with Crippen molar-refractivity contribution in [2.24, 2.45) is 0 Å². The van der Waals surface area contributed by atoms with Gasteiger partial charge in [-0.15, -0.1) is 0 Å². The molecule has 1 fully saturated rings. The van der Waals surface area contributed by atoms with Crippen molar-refractivity contribution in [3.8, 4) is 0 Å². The van der Waals surface area contributed by atoms with Crippen LogP contribution in [0, 0.1) is 0 Å². The molecule has 3 aromatic carbocycles. The van der Waals surface area contributed by atoms with Gasteiger partial charge in [-0.3, -0.25) is 14.5 Å². The highest BCUT2D eigenvalue weighted by Crippen LogP contribution is 2.26. The number of ether oxygens (including phenoxy) is 1. The SMILES string of the molecule is CC(=O)N1CCN(c2ccc(NC(=O)[C@@H]3Cc4ccccc4CN3C(=O)OCc3ccccc3)cc2)CC1. The molecule has 2 heterocycles. The summed E-state index contributed by atoms with van der Waals surface area (Å²) >= 11 is 0. The Morgan fingerprint density at radius 2 is 1.50 bits per heavy atom. The number of benzene rings is 3. The van der Waals surface area contributed by atoms with Crippen LogP contribution in [0.2, 0.25) is 0 Å². The van der Waals surface area contributed by atoms with E-state index in [0.29, 0.717) is 31.7 Å². The topological polar surface area (TPSA) is 82.2 Å². The summed E-state index contributed by atoms with van der Waals surface area (Å²) in [7, 11) is 0. The van der Waals surface area contributed by atoms with Crippen molar-refractivity contribution in [2.45, 2.75) is 32.5 Å². The Hall–Kier alpha value is -4.33. The average Bonchev–Trinajstić information content (AvgIpc) is 2.96. The number of rotatable bonds is 5. The molecule has 0 saturated carbocycles. The number of anilines is 2. The van der Waals surface area contributed by atoms with Crippen LogP contribution in [0.4, 0.5) is 16.2 Å². The number of amides is 3. The first kappa shape index (κ1) is 25.3. The third kappa shape index (κ3) is 5.80. The Bertz CT molecular complexity index is 1290. The van der Waals surface area contributed by atoms with Crippen LogP contribution in [0.15, 0.2) is 78.9 Å². The normalized spacial score (nSPS) is 17.0. The zero-order chi connectivity index (χ0) is 26.5. The zero-order valence-corrected chi connectivity index (χ0v) is 21.5. The standard InChI is InChI=1S/C30H32N4O4/c1-22(35)32-15-17-33(18-16-32)27-13-11-26(12-14-27)31-29(36)28-19-24-9-5-6-10-25(24)20-34(28)30(37)38-21-23-7-3-2-4-8-23/h2-14,28H,15-21H2,1H3,(H,31,36)/t28-/m0/s1. The van der Waals surface area contributed by atoms with Gasteiger partial charge < -0.3 is 19.9 Å². The first-order valence-corrected chi connectivity index (χ1v) is 12.9. The number of nitrogens with one attached hydrogen (secondary N) is 1. The van der Waals surface area contributed by atoms with Gasteiger partial charge in [0.2, 0.25) is 11.8 Å². The molecule has 1 N–H and O–H groups in total. The van der Waals surface area contributed by atoms with Gasteiger partial charge in [-0.1, -0.05) is 54.6 Å². The van der Waals surface area contributed by atoms with Crippen molar-refractivity contribution in [1.29, 1.82) is 0 Å². The van der Waals surface area contributed by atoms with E-state index in [1.54, 1.807) is 6.92 Å². The van der Waals surface area contributed by atoms with E-state index in [9.17, 15) is 14.4 Å². The minimum absolute atomic E-state index is 0.103. The van der Waals surface area contributed by atoms with Gasteiger partial charge in [-0.2, -0.15) is 0 Å². The first-order valence-electron chi connectivity index (χ1n) is 12.9. The molecule has 0 unspecified atom stereocenters. The number of fused-ring (bicyclic) bond motifs is 1. The number of nitrogens with zero attached hydrogens (tertiary/aromatic N) is 3. The van der Waals surface area contributed by atoms with Crippen LogP contribution in [0.1, 0.15) is 23.6 Å². The highest BCUT2D eigenvalue weighted by atomic mass is 16.6. The molecule has 3 aromatic rings. The summed E-state index contributed by atoms with van der Waals surface area (Å²) in [6.45, 7) is 5.00. The van der Waals surface area contributed by atoms with Crippen LogP contribution < -0.4 is 10.2 Å². The molecule has 2 aliphatic heterocycles. The molecule has 8 nitrogen and oxygen atoms in total. The lowest BCUT2D eigenvalue weighted by Gasteiger charge is -2.36. The molecule has 38 heavy (non-hydrogen) atoms. The van der Waals surface area contributed by atoms with Gasteiger partial charge in [-0.25, -0.2) is 4.79 Å². The van der Waals surface area contributed by atoms with Crippen LogP contribution >= 0.6 is 0 Å². The maximum atomic E-state index is 13.4. The molecule has 8 heteroatoms. The third-order valence-electron chi connectivity index (χ3n) is 7.22. The van der Waals surface area contributed by atoms with E-state index in [-0.39, 0.29) is 18.4 Å². The molecule has 1 atom stereocenters. The number of piperazine rings is 1. The molecule has 5 rings (SSSR count). The first-order chi connectivity index (χ1) is 18.5. The summed E-state index contributed by atoms with van der Waals surface area (Å²) in [6, 6.07) is 24.4. The van der Waals surface area contributed by atoms with Gasteiger partial charge in [0.05, 0.1) is 6.54 Å². The highest BCUT2D eigenvalue weighted by molar-refractivity contribution is 5.97. The van der Waals surface area contributed by atoms with Gasteiger partial charge in [0, 0.05) is 50.9 Å². The van der Waals surface area contributed by atoms with Crippen LogP contribution in [0.5, 0.6) is 0 Å². The number of carbonyl (C=O) groups excluding carboxylic acids is 3. The number of hydrogen-bond donors (Lipinski definition) is 1. The lowest BCUT2D eigenvalue weighted by atomic mass is 9.94. The van der Waals surface area contributed by atoms with E-state index in [4.69, 9.17) is 4.74 Å². The van der Waals surface area contributed by atoms with Gasteiger partial charge >= 0.3 is 6.09 Å². The summed E-state index contributed by atoms with van der Waals surface area (Å²) in [5, 5.41) is 2.99. The molecule has 1 saturated heterocycles. The molecular formula is C30H32N4O4. The second kappa shape index (κ2) is 11.4. The van der Waals surface area contributed by atoms with Gasteiger partial charge in [0.1, 0.15) is 12.6 Å². The summed E-state index contributed by atoms with van der Waals surface area (Å²) in [5.41, 5.74) is 4.67. The van der Waals surface area contributed by atoms with Crippen LogP contribution in [-0.4, -0.2) is 59.9 Å². The molecule has 0 aromatic heterocycles. The quantitative estimate of drug-likeness (QED) is 0.558. The fourth-order valence-corrected chi connectivity index (χ4v) is 5.01. The lowest BCUT2D eigenvalue weighted by Crippen LogP contribution is -2.50. The van der Waals surface area contributed by atoms with Crippen LogP contribution in [0.3, 0.4) is 0 Å². The molecule has 3 amide bonds. The van der Waals surface area contributed by atoms with Crippen LogP contribution in [-0.2, 0) is 33.9 Å². The maximum absolute atomic E-state index is 13.4. The summed E-state index contributed by atoms with van der Waals surface area (Å²) in [6.07, 6.45) is -0.0930. The van der Waals surface area contributed by atoms with Gasteiger partial charge in [-0.05, 0) is 41.0 Å². The van der Waals surface area contributed by atoms with E-state index < -0.39 is 12.1 Å². The fourth-order valence-electron chi connectivity index (χ4n) is 5.01. The molecule has 196 valence electrons. The minimum atomic E-state index is -0.687. The zero-order valence-electron chi connectivity index (χ0n) is 21.5. The summed E-state index contributed by atoms with van der Waals surface area (Å²) in [4.78, 5) is 43.8. The summed E-state index contributed by atoms with van der Waals surface area (Å²) in [5.74, 6) is -0.148. The monoisotopic (exact) mass is 512 g/mol. The van der Waals surface area contributed by atoms with E-state index in [1.165, 1.54) is 4.90 Å². The Labute approximate surface area is 222 Å². The van der Waals surface area contributed by atoms with Crippen LogP contribution in [0.25, 0.3) is 0 Å². The average molecular weight is 513 g/mol. The Morgan fingerprint density at radius 1 is 0.842 bits per heavy atom. The Balaban J connectivity index is 1.25. The lowest BCUT2D eigenvalue weighted by molar-refractivity contribution is -0.129. The van der Waals surface area contributed by atoms with E-state index in [2.05, 4.69) is 10.2 Å². The van der Waals surface area contributed by atoms with Crippen molar-refractivity contribution in [1.82, 2.24) is 9.80 Å². The molecular weight excluding hydrogens is 480 g/mol. The van der Waals surface area contributed by atoms with Crippen molar-refractivity contribution >= 4 is 29.3 Å². The molecule has 0 aliphatic carbocycles. The van der Waals surface area contributed by atoms with Crippen molar-refractivity contribution in [2.75, 3.05) is 36.4 Å². The van der Waals surface area contributed by atoms with Gasteiger partial charge in [0.15, 0.2) is 0 Å². The smallest absolute Gasteiger partial charge is 0.411 e. The second-order valence-electron chi connectivity index (χ2n) is 9.69. The summed E-state index contributed by atoms with van der Waals surface area (Å²) < 4.78 is 5.60. The van der Waals surface area contributed by atoms with Gasteiger partial charge in [0.25, 0.3) is 0 Å². The number of hydrogen-bond acceptors (Lipinski definition) is 5. The fraction of sp³-hybridized carbons (Fsp3) is 0.300.